The molecular formula is C25H16Cl3N3O4. The van der Waals surface area contributed by atoms with Gasteiger partial charge in [0, 0.05) is 27.5 Å². The quantitative estimate of drug-likeness (QED) is 0.307. The fourth-order valence-electron chi connectivity index (χ4n) is 3.36. The molecular weight excluding hydrogens is 513 g/mol. The fourth-order valence-corrected chi connectivity index (χ4v) is 3.94. The van der Waals surface area contributed by atoms with Crippen molar-refractivity contribution in [1.82, 2.24) is 0 Å². The number of anilines is 3. The Hall–Kier alpha value is -3.65. The second kappa shape index (κ2) is 9.92. The molecule has 1 aliphatic heterocycles. The molecule has 0 unspecified atom stereocenters. The Morgan fingerprint density at radius 2 is 1.51 bits per heavy atom. The molecule has 0 aliphatic carbocycles. The van der Waals surface area contributed by atoms with Gasteiger partial charge in [-0.25, -0.2) is 4.90 Å². The van der Waals surface area contributed by atoms with E-state index in [4.69, 9.17) is 34.8 Å². The minimum Gasteiger partial charge on any atom is -0.350 e. The van der Waals surface area contributed by atoms with Gasteiger partial charge >= 0.3 is 0 Å². The minimum absolute atomic E-state index is 0.0780. The average Bonchev–Trinajstić information content (AvgIpc) is 3.04. The van der Waals surface area contributed by atoms with Crippen molar-refractivity contribution in [2.75, 3.05) is 15.5 Å². The number of carbonyl (C=O) groups excluding carboxylic acids is 4. The van der Waals surface area contributed by atoms with Gasteiger partial charge in [-0.3, -0.25) is 19.2 Å². The summed E-state index contributed by atoms with van der Waals surface area (Å²) in [6.45, 7) is 1.46. The Bertz CT molecular complexity index is 1420. The van der Waals surface area contributed by atoms with Crippen LogP contribution in [-0.2, 0) is 9.59 Å². The summed E-state index contributed by atoms with van der Waals surface area (Å²) in [4.78, 5) is 50.7. The molecule has 3 aromatic rings. The number of rotatable bonds is 6. The van der Waals surface area contributed by atoms with Gasteiger partial charge < -0.3 is 10.6 Å². The van der Waals surface area contributed by atoms with Crippen molar-refractivity contribution < 1.29 is 19.2 Å². The van der Waals surface area contributed by atoms with Crippen LogP contribution in [0.5, 0.6) is 0 Å². The minimum atomic E-state index is -0.758. The van der Waals surface area contributed by atoms with Crippen molar-refractivity contribution in [1.29, 1.82) is 0 Å². The average molecular weight is 529 g/mol. The van der Waals surface area contributed by atoms with E-state index in [1.165, 1.54) is 31.2 Å². The van der Waals surface area contributed by atoms with Crippen molar-refractivity contribution in [3.05, 3.63) is 98.6 Å². The number of carbonyl (C=O) groups is 4. The first-order valence-corrected chi connectivity index (χ1v) is 11.3. The Morgan fingerprint density at radius 3 is 2.20 bits per heavy atom. The number of amides is 3. The van der Waals surface area contributed by atoms with E-state index >= 15 is 0 Å². The smallest absolute Gasteiger partial charge is 0.283 e. The zero-order valence-electron chi connectivity index (χ0n) is 18.1. The zero-order chi connectivity index (χ0) is 25.3. The summed E-state index contributed by atoms with van der Waals surface area (Å²) in [5, 5.41) is 5.67. The molecule has 3 amide bonds. The molecule has 176 valence electrons. The summed E-state index contributed by atoms with van der Waals surface area (Å²) in [6.07, 6.45) is 0. The van der Waals surface area contributed by atoms with E-state index in [0.717, 1.165) is 4.90 Å². The van der Waals surface area contributed by atoms with Gasteiger partial charge in [0.05, 0.1) is 10.7 Å². The lowest BCUT2D eigenvalue weighted by Gasteiger charge is -2.17. The number of nitrogens with zero attached hydrogens (tertiary/aromatic N) is 1. The molecule has 0 saturated carbocycles. The summed E-state index contributed by atoms with van der Waals surface area (Å²) in [6, 6.07) is 17.2. The highest BCUT2D eigenvalue weighted by atomic mass is 35.5. The molecule has 35 heavy (non-hydrogen) atoms. The number of halogens is 3. The van der Waals surface area contributed by atoms with Crippen LogP contribution < -0.4 is 15.5 Å². The third-order valence-corrected chi connectivity index (χ3v) is 6.03. The number of hydrogen-bond acceptors (Lipinski definition) is 5. The first-order valence-electron chi connectivity index (χ1n) is 10.2. The van der Waals surface area contributed by atoms with Crippen LogP contribution in [0, 0.1) is 0 Å². The molecule has 10 heteroatoms. The molecule has 3 aromatic carbocycles. The van der Waals surface area contributed by atoms with Crippen LogP contribution in [0.25, 0.3) is 0 Å². The van der Waals surface area contributed by atoms with E-state index in [-0.39, 0.29) is 37.8 Å². The maximum Gasteiger partial charge on any atom is 0.283 e. The third-order valence-electron chi connectivity index (χ3n) is 5.12. The Morgan fingerprint density at radius 1 is 0.800 bits per heavy atom. The first kappa shape index (κ1) is 24.5. The maximum absolute atomic E-state index is 13.0. The molecule has 0 bridgehead atoms. The molecule has 0 aromatic heterocycles. The zero-order valence-corrected chi connectivity index (χ0v) is 20.3. The van der Waals surface area contributed by atoms with Crippen molar-refractivity contribution >= 4 is 75.4 Å². The summed E-state index contributed by atoms with van der Waals surface area (Å²) in [7, 11) is 0. The van der Waals surface area contributed by atoms with E-state index in [1.54, 1.807) is 42.5 Å². The second-order valence-corrected chi connectivity index (χ2v) is 8.75. The van der Waals surface area contributed by atoms with Crippen LogP contribution in [0.15, 0.2) is 77.5 Å². The third kappa shape index (κ3) is 5.07. The van der Waals surface area contributed by atoms with Crippen molar-refractivity contribution in [2.45, 2.75) is 6.92 Å². The summed E-state index contributed by atoms with van der Waals surface area (Å²) in [5.41, 5.74) is 1.63. The fraction of sp³-hybridized carbons (Fsp3) is 0.0400. The van der Waals surface area contributed by atoms with Gasteiger partial charge in [0.1, 0.15) is 10.7 Å². The molecule has 1 heterocycles. The van der Waals surface area contributed by atoms with Gasteiger partial charge in [-0.1, -0.05) is 40.9 Å². The van der Waals surface area contributed by atoms with Gasteiger partial charge in [0.2, 0.25) is 0 Å². The van der Waals surface area contributed by atoms with Crippen LogP contribution >= 0.6 is 34.8 Å². The van der Waals surface area contributed by atoms with Crippen LogP contribution in [0.3, 0.4) is 0 Å². The first-order chi connectivity index (χ1) is 16.7. The van der Waals surface area contributed by atoms with Crippen LogP contribution in [0.4, 0.5) is 17.1 Å². The Balaban J connectivity index is 1.53. The number of imide groups is 1. The number of benzene rings is 3. The number of Topliss-reactive ketones (excluding diaryl/α,β-unsaturated/α-hetero) is 1. The predicted octanol–water partition coefficient (Wildman–Crippen LogP) is 5.88. The van der Waals surface area contributed by atoms with Crippen molar-refractivity contribution in [3.63, 3.8) is 0 Å². The molecule has 2 N–H and O–H groups in total. The van der Waals surface area contributed by atoms with E-state index in [2.05, 4.69) is 10.6 Å². The molecule has 7 nitrogen and oxygen atoms in total. The normalized spacial score (nSPS) is 13.3. The van der Waals surface area contributed by atoms with Crippen molar-refractivity contribution in [3.8, 4) is 0 Å². The number of nitrogens with one attached hydrogen (secondary N) is 2. The topological polar surface area (TPSA) is 95.6 Å². The van der Waals surface area contributed by atoms with Gasteiger partial charge in [-0.15, -0.1) is 0 Å². The van der Waals surface area contributed by atoms with E-state index in [9.17, 15) is 19.2 Å². The largest absolute Gasteiger partial charge is 0.350 e. The SMILES string of the molecule is CC(=O)c1ccc(NC(=O)c2cccc(NC3=C(Cl)C(=O)N(c4cc(Cl)ccc4Cl)C3=O)c2)cc1. The predicted molar refractivity (Wildman–Crippen MR) is 136 cm³/mol. The van der Waals surface area contributed by atoms with Crippen LogP contribution in [0.1, 0.15) is 27.6 Å². The molecule has 4 rings (SSSR count). The molecule has 0 spiro atoms. The lowest BCUT2D eigenvalue weighted by atomic mass is 10.1. The second-order valence-electron chi connectivity index (χ2n) is 7.52. The highest BCUT2D eigenvalue weighted by Gasteiger charge is 2.40. The maximum atomic E-state index is 13.0. The van der Waals surface area contributed by atoms with Crippen molar-refractivity contribution in [2.24, 2.45) is 0 Å². The highest BCUT2D eigenvalue weighted by molar-refractivity contribution is 6.54. The molecule has 0 radical (unpaired) electrons. The van der Waals surface area contributed by atoms with Gasteiger partial charge in [-0.05, 0) is 67.6 Å². The number of hydrogen-bond donors (Lipinski definition) is 2. The van der Waals surface area contributed by atoms with Crippen LogP contribution in [0.2, 0.25) is 10.0 Å². The Labute approximate surface area is 215 Å². The van der Waals surface area contributed by atoms with E-state index in [1.807, 2.05) is 0 Å². The Kier molecular flexibility index (Phi) is 6.93. The highest BCUT2D eigenvalue weighted by Crippen LogP contribution is 2.35. The summed E-state index contributed by atoms with van der Waals surface area (Å²) in [5.74, 6) is -1.97. The summed E-state index contributed by atoms with van der Waals surface area (Å²) >= 11 is 18.3. The molecule has 0 atom stereocenters. The number of ketones is 1. The molecule has 1 aliphatic rings. The molecule has 0 saturated heterocycles. The van der Waals surface area contributed by atoms with Gasteiger partial charge in [0.15, 0.2) is 5.78 Å². The van der Waals surface area contributed by atoms with Crippen LogP contribution in [-0.4, -0.2) is 23.5 Å². The van der Waals surface area contributed by atoms with E-state index < -0.39 is 17.7 Å². The monoisotopic (exact) mass is 527 g/mol. The lowest BCUT2D eigenvalue weighted by Crippen LogP contribution is -2.32. The standard InChI is InChI=1S/C25H16Cl3N3O4/c1-13(32)14-5-8-17(9-6-14)30-23(33)15-3-2-4-18(11-15)29-22-21(28)24(34)31(25(22)35)20-12-16(26)7-10-19(20)27/h2-12,29H,1H3,(H,30,33). The lowest BCUT2D eigenvalue weighted by molar-refractivity contribution is -0.120. The summed E-state index contributed by atoms with van der Waals surface area (Å²) < 4.78 is 0. The van der Waals surface area contributed by atoms with Gasteiger partial charge in [0.25, 0.3) is 17.7 Å². The van der Waals surface area contributed by atoms with Gasteiger partial charge in [-0.2, -0.15) is 0 Å². The van der Waals surface area contributed by atoms with E-state index in [0.29, 0.717) is 16.9 Å². The molecule has 0 fully saturated rings.